The van der Waals surface area contributed by atoms with Crippen LogP contribution in [0.5, 0.6) is 0 Å². The molecule has 1 aliphatic heterocycles. The summed E-state index contributed by atoms with van der Waals surface area (Å²) < 4.78 is 12.9. The summed E-state index contributed by atoms with van der Waals surface area (Å²) in [5, 5.41) is 12.1. The first-order valence-electron chi connectivity index (χ1n) is 8.25. The fraction of sp³-hybridized carbons (Fsp3) is 0.471. The van der Waals surface area contributed by atoms with Crippen molar-refractivity contribution < 1.29 is 9.18 Å². The number of likely N-dealkylation sites (tertiary alicyclic amines) is 1. The highest BCUT2D eigenvalue weighted by molar-refractivity contribution is 7.13. The highest BCUT2D eigenvalue weighted by Crippen LogP contribution is 2.29. The van der Waals surface area contributed by atoms with Gasteiger partial charge in [-0.15, -0.1) is 22.6 Å². The normalized spacial score (nSPS) is 20.0. The van der Waals surface area contributed by atoms with Gasteiger partial charge in [-0.3, -0.25) is 9.69 Å². The van der Waals surface area contributed by atoms with E-state index >= 15 is 0 Å². The van der Waals surface area contributed by atoms with E-state index in [0.717, 1.165) is 30.1 Å². The molecule has 1 fully saturated rings. The second-order valence-electron chi connectivity index (χ2n) is 6.79. The van der Waals surface area contributed by atoms with E-state index in [9.17, 15) is 9.18 Å². The van der Waals surface area contributed by atoms with Crippen molar-refractivity contribution in [3.8, 4) is 0 Å². The Balaban J connectivity index is 0.00000243. The zero-order valence-corrected chi connectivity index (χ0v) is 16.2. The number of benzene rings is 1. The number of aromatic nitrogens is 2. The van der Waals surface area contributed by atoms with Gasteiger partial charge in [0.05, 0.1) is 6.54 Å². The third-order valence-corrected chi connectivity index (χ3v) is 5.42. The van der Waals surface area contributed by atoms with Gasteiger partial charge >= 0.3 is 0 Å². The van der Waals surface area contributed by atoms with Crippen LogP contribution in [-0.4, -0.2) is 40.6 Å². The Morgan fingerprint density at radius 3 is 2.77 bits per heavy atom. The summed E-state index contributed by atoms with van der Waals surface area (Å²) in [6.45, 7) is 5.82. The number of halogens is 2. The molecule has 1 atom stereocenters. The minimum atomic E-state index is -0.295. The van der Waals surface area contributed by atoms with E-state index in [2.05, 4.69) is 27.3 Å². The third kappa shape index (κ3) is 5.20. The van der Waals surface area contributed by atoms with E-state index < -0.39 is 0 Å². The Labute approximate surface area is 162 Å². The number of carbonyl (C=O) groups is 1. The lowest BCUT2D eigenvalue weighted by Crippen LogP contribution is -2.31. The minimum Gasteiger partial charge on any atom is -0.346 e. The topological polar surface area (TPSA) is 84.1 Å². The Morgan fingerprint density at radius 1 is 1.38 bits per heavy atom. The molecule has 3 N–H and O–H groups in total. The van der Waals surface area contributed by atoms with Crippen molar-refractivity contribution in [2.45, 2.75) is 26.4 Å². The molecule has 142 valence electrons. The number of amides is 1. The molecular weight excluding hydrogens is 377 g/mol. The van der Waals surface area contributed by atoms with Crippen LogP contribution in [0.15, 0.2) is 24.3 Å². The van der Waals surface area contributed by atoms with Crippen molar-refractivity contribution in [1.29, 1.82) is 0 Å². The highest BCUT2D eigenvalue weighted by atomic mass is 35.5. The second kappa shape index (κ2) is 8.85. The summed E-state index contributed by atoms with van der Waals surface area (Å²) in [6, 6.07) is 6.03. The Hall–Kier alpha value is -1.61. The van der Waals surface area contributed by atoms with Crippen molar-refractivity contribution in [2.75, 3.05) is 19.6 Å². The number of nitrogens with two attached hydrogens (primary N) is 1. The summed E-state index contributed by atoms with van der Waals surface area (Å²) in [5.41, 5.74) is 6.83. The maximum atomic E-state index is 12.9. The fourth-order valence-electron chi connectivity index (χ4n) is 2.89. The molecule has 26 heavy (non-hydrogen) atoms. The molecule has 1 aliphatic rings. The third-order valence-electron chi connectivity index (χ3n) is 4.52. The molecule has 3 rings (SSSR count). The summed E-state index contributed by atoms with van der Waals surface area (Å²) in [4.78, 5) is 14.5. The lowest BCUT2D eigenvalue weighted by molar-refractivity contribution is 0.0950. The molecule has 1 aromatic carbocycles. The summed E-state index contributed by atoms with van der Waals surface area (Å²) in [5.74, 6) is -0.558. The minimum absolute atomic E-state index is 0. The van der Waals surface area contributed by atoms with E-state index in [0.29, 0.717) is 24.6 Å². The molecular formula is C17H23ClFN5OS. The van der Waals surface area contributed by atoms with Gasteiger partial charge in [-0.1, -0.05) is 30.4 Å². The SMILES string of the molecule is CC1(CN)CCN(Cc2nnc(C(=O)NCc3ccc(F)cc3)s2)C1.Cl. The van der Waals surface area contributed by atoms with E-state index in [-0.39, 0.29) is 29.5 Å². The largest absolute Gasteiger partial charge is 0.346 e. The van der Waals surface area contributed by atoms with Crippen LogP contribution >= 0.6 is 23.7 Å². The molecule has 0 aliphatic carbocycles. The molecule has 0 radical (unpaired) electrons. The number of nitrogens with zero attached hydrogens (tertiary/aromatic N) is 3. The van der Waals surface area contributed by atoms with E-state index in [1.165, 1.54) is 23.5 Å². The molecule has 2 heterocycles. The predicted octanol–water partition coefficient (Wildman–Crippen LogP) is 2.20. The molecule has 9 heteroatoms. The van der Waals surface area contributed by atoms with Crippen molar-refractivity contribution in [2.24, 2.45) is 11.1 Å². The number of hydrogen-bond donors (Lipinski definition) is 2. The standard InChI is InChI=1S/C17H22FN5OS.ClH/c1-17(10-19)6-7-23(11-17)9-14-21-22-16(25-14)15(24)20-8-12-2-4-13(18)5-3-12;/h2-5H,6-11,19H2,1H3,(H,20,24);1H. The number of rotatable bonds is 6. The monoisotopic (exact) mass is 399 g/mol. The highest BCUT2D eigenvalue weighted by Gasteiger charge is 2.32. The van der Waals surface area contributed by atoms with Gasteiger partial charge in [0.1, 0.15) is 10.8 Å². The van der Waals surface area contributed by atoms with Crippen LogP contribution in [0.3, 0.4) is 0 Å². The van der Waals surface area contributed by atoms with Crippen LogP contribution in [0, 0.1) is 11.2 Å². The van der Waals surface area contributed by atoms with Gasteiger partial charge < -0.3 is 11.1 Å². The summed E-state index contributed by atoms with van der Waals surface area (Å²) in [6.07, 6.45) is 1.08. The summed E-state index contributed by atoms with van der Waals surface area (Å²) in [7, 11) is 0. The van der Waals surface area contributed by atoms with Crippen molar-refractivity contribution in [1.82, 2.24) is 20.4 Å². The van der Waals surface area contributed by atoms with E-state index in [4.69, 9.17) is 5.73 Å². The number of carbonyl (C=O) groups excluding carboxylic acids is 1. The molecule has 0 bridgehead atoms. The summed E-state index contributed by atoms with van der Waals surface area (Å²) >= 11 is 1.31. The van der Waals surface area contributed by atoms with Crippen LogP contribution in [0.1, 0.15) is 33.7 Å². The Bertz CT molecular complexity index is 741. The van der Waals surface area contributed by atoms with Gasteiger partial charge in [0, 0.05) is 13.1 Å². The Kier molecular flexibility index (Phi) is 7.05. The zero-order valence-electron chi connectivity index (χ0n) is 14.6. The molecule has 1 amide bonds. The van der Waals surface area contributed by atoms with Crippen LogP contribution < -0.4 is 11.1 Å². The first kappa shape index (κ1) is 20.7. The van der Waals surface area contributed by atoms with Gasteiger partial charge in [-0.2, -0.15) is 0 Å². The molecule has 0 spiro atoms. The van der Waals surface area contributed by atoms with Gasteiger partial charge in [-0.05, 0) is 42.6 Å². The first-order valence-corrected chi connectivity index (χ1v) is 9.06. The molecule has 2 aromatic rings. The lowest BCUT2D eigenvalue weighted by Gasteiger charge is -2.21. The van der Waals surface area contributed by atoms with E-state index in [1.807, 2.05) is 0 Å². The lowest BCUT2D eigenvalue weighted by atomic mass is 9.90. The van der Waals surface area contributed by atoms with Gasteiger partial charge in [0.15, 0.2) is 0 Å². The number of hydrogen-bond acceptors (Lipinski definition) is 6. The fourth-order valence-corrected chi connectivity index (χ4v) is 3.69. The smallest absolute Gasteiger partial charge is 0.282 e. The van der Waals surface area contributed by atoms with Crippen molar-refractivity contribution in [3.05, 3.63) is 45.7 Å². The molecule has 0 saturated carbocycles. The van der Waals surface area contributed by atoms with Crippen LogP contribution in [0.4, 0.5) is 4.39 Å². The van der Waals surface area contributed by atoms with E-state index in [1.54, 1.807) is 12.1 Å². The van der Waals surface area contributed by atoms with Gasteiger partial charge in [0.25, 0.3) is 5.91 Å². The zero-order chi connectivity index (χ0) is 17.9. The quantitative estimate of drug-likeness (QED) is 0.777. The van der Waals surface area contributed by atoms with Crippen molar-refractivity contribution in [3.63, 3.8) is 0 Å². The van der Waals surface area contributed by atoms with Gasteiger partial charge in [-0.25, -0.2) is 4.39 Å². The van der Waals surface area contributed by atoms with Gasteiger partial charge in [0.2, 0.25) is 5.01 Å². The molecule has 1 aromatic heterocycles. The van der Waals surface area contributed by atoms with Crippen LogP contribution in [-0.2, 0) is 13.1 Å². The average Bonchev–Trinajstić information content (AvgIpc) is 3.22. The van der Waals surface area contributed by atoms with Crippen LogP contribution in [0.2, 0.25) is 0 Å². The number of nitrogens with one attached hydrogen (secondary N) is 1. The van der Waals surface area contributed by atoms with Crippen molar-refractivity contribution >= 4 is 29.7 Å². The maximum absolute atomic E-state index is 12.9. The Morgan fingerprint density at radius 2 is 2.12 bits per heavy atom. The second-order valence-corrected chi connectivity index (χ2v) is 7.85. The molecule has 1 unspecified atom stereocenters. The first-order chi connectivity index (χ1) is 12.0. The van der Waals surface area contributed by atoms with Crippen LogP contribution in [0.25, 0.3) is 0 Å². The molecule has 6 nitrogen and oxygen atoms in total. The average molecular weight is 400 g/mol. The molecule has 1 saturated heterocycles. The predicted molar refractivity (Wildman–Crippen MR) is 102 cm³/mol. The maximum Gasteiger partial charge on any atom is 0.282 e.